The summed E-state index contributed by atoms with van der Waals surface area (Å²) in [5.74, 6) is 0.546. The van der Waals surface area contributed by atoms with Crippen LogP contribution < -0.4 is 10.1 Å². The third kappa shape index (κ3) is 7.22. The molecule has 1 aliphatic carbocycles. The lowest BCUT2D eigenvalue weighted by molar-refractivity contribution is -0.141. The predicted molar refractivity (Wildman–Crippen MR) is 147 cm³/mol. The van der Waals surface area contributed by atoms with Crippen molar-refractivity contribution in [3.8, 4) is 5.75 Å². The minimum absolute atomic E-state index is 0.0418. The fraction of sp³-hybridized carbons (Fsp3) is 0.375. The number of hydrogen-bond acceptors (Lipinski definition) is 3. The molecule has 3 aromatic carbocycles. The first-order valence-corrected chi connectivity index (χ1v) is 13.4. The molecule has 1 atom stereocenters. The monoisotopic (exact) mass is 498 g/mol. The highest BCUT2D eigenvalue weighted by molar-refractivity contribution is 5.88. The number of amides is 2. The van der Waals surface area contributed by atoms with Crippen LogP contribution in [0, 0.1) is 0 Å². The molecular weight excluding hydrogens is 460 g/mol. The number of ether oxygens (including phenoxy) is 1. The Morgan fingerprint density at radius 2 is 1.43 bits per heavy atom. The van der Waals surface area contributed by atoms with E-state index in [-0.39, 0.29) is 30.2 Å². The van der Waals surface area contributed by atoms with E-state index < -0.39 is 6.04 Å². The van der Waals surface area contributed by atoms with Gasteiger partial charge in [0, 0.05) is 24.9 Å². The van der Waals surface area contributed by atoms with Crippen LogP contribution in [0.15, 0.2) is 84.9 Å². The van der Waals surface area contributed by atoms with E-state index in [1.165, 1.54) is 6.42 Å². The van der Waals surface area contributed by atoms with Crippen LogP contribution in [0.2, 0.25) is 0 Å². The summed E-state index contributed by atoms with van der Waals surface area (Å²) in [6.07, 6.45) is 5.81. The van der Waals surface area contributed by atoms with Gasteiger partial charge in [0.05, 0.1) is 7.11 Å². The van der Waals surface area contributed by atoms with Crippen molar-refractivity contribution in [3.05, 3.63) is 102 Å². The summed E-state index contributed by atoms with van der Waals surface area (Å²) >= 11 is 0. The van der Waals surface area contributed by atoms with Gasteiger partial charge in [-0.3, -0.25) is 9.59 Å². The van der Waals surface area contributed by atoms with Gasteiger partial charge in [0.2, 0.25) is 11.8 Å². The van der Waals surface area contributed by atoms with Crippen LogP contribution in [-0.4, -0.2) is 35.9 Å². The lowest BCUT2D eigenvalue weighted by Gasteiger charge is -2.32. The van der Waals surface area contributed by atoms with Gasteiger partial charge in [-0.05, 0) is 48.6 Å². The Kier molecular flexibility index (Phi) is 9.36. The molecule has 0 aliphatic heterocycles. The molecule has 0 spiro atoms. The third-order valence-corrected chi connectivity index (χ3v) is 7.41. The van der Waals surface area contributed by atoms with E-state index in [0.717, 1.165) is 48.1 Å². The maximum absolute atomic E-state index is 14.0. The van der Waals surface area contributed by atoms with Crippen molar-refractivity contribution >= 4 is 11.8 Å². The van der Waals surface area contributed by atoms with E-state index in [0.29, 0.717) is 6.54 Å². The molecule has 0 unspecified atom stereocenters. The summed E-state index contributed by atoms with van der Waals surface area (Å²) in [4.78, 5) is 29.1. The van der Waals surface area contributed by atoms with Gasteiger partial charge in [-0.2, -0.15) is 0 Å². The summed E-state index contributed by atoms with van der Waals surface area (Å²) in [5, 5.41) is 3.22. The number of methoxy groups -OCH3 is 1. The zero-order valence-electron chi connectivity index (χ0n) is 21.9. The summed E-state index contributed by atoms with van der Waals surface area (Å²) in [5.41, 5.74) is 3.14. The summed E-state index contributed by atoms with van der Waals surface area (Å²) in [6, 6.07) is 27.6. The van der Waals surface area contributed by atoms with E-state index in [4.69, 9.17) is 4.74 Å². The average Bonchev–Trinajstić information content (AvgIpc) is 2.96. The maximum atomic E-state index is 14.0. The Hall–Kier alpha value is -3.60. The van der Waals surface area contributed by atoms with Crippen molar-refractivity contribution in [1.82, 2.24) is 10.2 Å². The fourth-order valence-corrected chi connectivity index (χ4v) is 5.17. The standard InChI is InChI=1S/C32H38N2O3/c1-24(32(36)33-28-16-10-5-11-17-28)34(23-25-18-20-29(37-2)21-19-25)31(35)22-30(26-12-6-3-7-13-26)27-14-8-4-9-15-27/h3-4,6-9,12-15,18-21,24,28,30H,5,10-11,16-17,22-23H2,1-2H3,(H,33,36)/t24-/m0/s1. The topological polar surface area (TPSA) is 58.6 Å². The molecule has 5 heteroatoms. The van der Waals surface area contributed by atoms with E-state index >= 15 is 0 Å². The molecule has 0 saturated heterocycles. The number of benzene rings is 3. The highest BCUT2D eigenvalue weighted by Gasteiger charge is 2.30. The van der Waals surface area contributed by atoms with E-state index in [2.05, 4.69) is 29.6 Å². The minimum Gasteiger partial charge on any atom is -0.497 e. The average molecular weight is 499 g/mol. The first-order chi connectivity index (χ1) is 18.0. The molecule has 0 bridgehead atoms. The number of nitrogens with one attached hydrogen (secondary N) is 1. The van der Waals surface area contributed by atoms with Crippen LogP contribution in [0.4, 0.5) is 0 Å². The molecule has 0 radical (unpaired) electrons. The Morgan fingerprint density at radius 3 is 1.97 bits per heavy atom. The van der Waals surface area contributed by atoms with Gasteiger partial charge in [0.15, 0.2) is 0 Å². The molecule has 5 nitrogen and oxygen atoms in total. The molecule has 37 heavy (non-hydrogen) atoms. The van der Waals surface area contributed by atoms with E-state index in [9.17, 15) is 9.59 Å². The number of carbonyl (C=O) groups is 2. The maximum Gasteiger partial charge on any atom is 0.242 e. The predicted octanol–water partition coefficient (Wildman–Crippen LogP) is 6.08. The Morgan fingerprint density at radius 1 is 0.865 bits per heavy atom. The van der Waals surface area contributed by atoms with Crippen LogP contribution in [0.5, 0.6) is 5.75 Å². The molecule has 2 amide bonds. The molecule has 1 saturated carbocycles. The number of rotatable bonds is 10. The van der Waals surface area contributed by atoms with Gasteiger partial charge < -0.3 is 15.0 Å². The van der Waals surface area contributed by atoms with Gasteiger partial charge in [0.1, 0.15) is 11.8 Å². The third-order valence-electron chi connectivity index (χ3n) is 7.41. The zero-order chi connectivity index (χ0) is 26.0. The first-order valence-electron chi connectivity index (χ1n) is 13.4. The Balaban J connectivity index is 1.58. The second-order valence-electron chi connectivity index (χ2n) is 9.97. The summed E-state index contributed by atoms with van der Waals surface area (Å²) in [6.45, 7) is 2.21. The largest absolute Gasteiger partial charge is 0.497 e. The summed E-state index contributed by atoms with van der Waals surface area (Å²) < 4.78 is 5.30. The Labute approximate surface area is 220 Å². The van der Waals surface area contributed by atoms with Crippen molar-refractivity contribution in [1.29, 1.82) is 0 Å². The van der Waals surface area contributed by atoms with E-state index in [1.807, 2.05) is 67.6 Å². The lowest BCUT2D eigenvalue weighted by Crippen LogP contribution is -2.50. The molecular formula is C32H38N2O3. The second kappa shape index (κ2) is 13.1. The molecule has 4 rings (SSSR count). The quantitative estimate of drug-likeness (QED) is 0.368. The van der Waals surface area contributed by atoms with Gasteiger partial charge in [-0.1, -0.05) is 92.1 Å². The molecule has 0 aromatic heterocycles. The highest BCUT2D eigenvalue weighted by Crippen LogP contribution is 2.29. The molecule has 3 aromatic rings. The van der Waals surface area contributed by atoms with Crippen molar-refractivity contribution in [2.75, 3.05) is 7.11 Å². The SMILES string of the molecule is COc1ccc(CN(C(=O)CC(c2ccccc2)c2ccccc2)[C@@H](C)C(=O)NC2CCCCC2)cc1. The molecule has 1 fully saturated rings. The normalized spacial score (nSPS) is 14.7. The lowest BCUT2D eigenvalue weighted by atomic mass is 9.88. The van der Waals surface area contributed by atoms with Crippen LogP contribution in [0.3, 0.4) is 0 Å². The van der Waals surface area contributed by atoms with Gasteiger partial charge in [0.25, 0.3) is 0 Å². The molecule has 1 aliphatic rings. The van der Waals surface area contributed by atoms with Crippen molar-refractivity contribution in [2.24, 2.45) is 0 Å². The van der Waals surface area contributed by atoms with Crippen molar-refractivity contribution in [3.63, 3.8) is 0 Å². The van der Waals surface area contributed by atoms with Crippen LogP contribution in [0.25, 0.3) is 0 Å². The van der Waals surface area contributed by atoms with Crippen molar-refractivity contribution in [2.45, 2.75) is 70.0 Å². The van der Waals surface area contributed by atoms with Crippen molar-refractivity contribution < 1.29 is 14.3 Å². The van der Waals surface area contributed by atoms with Gasteiger partial charge in [-0.25, -0.2) is 0 Å². The first kappa shape index (κ1) is 26.5. The molecule has 0 heterocycles. The fourth-order valence-electron chi connectivity index (χ4n) is 5.17. The molecule has 194 valence electrons. The zero-order valence-corrected chi connectivity index (χ0v) is 21.9. The smallest absolute Gasteiger partial charge is 0.242 e. The number of hydrogen-bond donors (Lipinski definition) is 1. The number of nitrogens with zero attached hydrogens (tertiary/aromatic N) is 1. The van der Waals surface area contributed by atoms with Crippen LogP contribution >= 0.6 is 0 Å². The Bertz CT molecular complexity index is 1090. The van der Waals surface area contributed by atoms with Crippen LogP contribution in [0.1, 0.15) is 68.1 Å². The van der Waals surface area contributed by atoms with Gasteiger partial charge >= 0.3 is 0 Å². The summed E-state index contributed by atoms with van der Waals surface area (Å²) in [7, 11) is 1.63. The van der Waals surface area contributed by atoms with Gasteiger partial charge in [-0.15, -0.1) is 0 Å². The second-order valence-corrected chi connectivity index (χ2v) is 9.97. The molecule has 1 N–H and O–H groups in total. The highest BCUT2D eigenvalue weighted by atomic mass is 16.5. The number of carbonyl (C=O) groups excluding carboxylic acids is 2. The van der Waals surface area contributed by atoms with E-state index in [1.54, 1.807) is 12.0 Å². The van der Waals surface area contributed by atoms with Crippen LogP contribution in [-0.2, 0) is 16.1 Å². The minimum atomic E-state index is -0.580.